The van der Waals surface area contributed by atoms with E-state index in [9.17, 15) is 0 Å². The van der Waals surface area contributed by atoms with Crippen LogP contribution in [-0.2, 0) is 0 Å². The molecule has 0 spiro atoms. The molecule has 0 saturated carbocycles. The van der Waals surface area contributed by atoms with Gasteiger partial charge in [0, 0.05) is 6.54 Å². The number of hydrogen-bond acceptors (Lipinski definition) is 3. The van der Waals surface area contributed by atoms with Crippen LogP contribution in [0, 0.1) is 0 Å². The van der Waals surface area contributed by atoms with Gasteiger partial charge in [-0.1, -0.05) is 6.08 Å². The maximum Gasteiger partial charge on any atom is 0.0993 e. The first-order valence-corrected chi connectivity index (χ1v) is 3.04. The highest BCUT2D eigenvalue weighted by Gasteiger charge is 2.00. The lowest BCUT2D eigenvalue weighted by Gasteiger charge is -2.12. The van der Waals surface area contributed by atoms with Gasteiger partial charge in [-0.3, -0.25) is 10.0 Å². The average Bonchev–Trinajstić information content (AvgIpc) is 2.34. The van der Waals surface area contributed by atoms with Crippen LogP contribution in [0.15, 0.2) is 17.6 Å². The van der Waals surface area contributed by atoms with E-state index in [0.717, 1.165) is 19.6 Å². The molecule has 0 fully saturated rings. The maximum absolute atomic E-state index is 4.02. The van der Waals surface area contributed by atoms with Crippen molar-refractivity contribution in [3.05, 3.63) is 12.7 Å². The first-order chi connectivity index (χ1) is 4.43. The highest BCUT2D eigenvalue weighted by molar-refractivity contribution is 5.85. The molecule has 0 radical (unpaired) electrons. The topological polar surface area (TPSA) is 27.6 Å². The molecule has 0 atom stereocenters. The minimum Gasteiger partial charge on any atom is -0.296 e. The van der Waals surface area contributed by atoms with E-state index in [1.54, 1.807) is 0 Å². The van der Waals surface area contributed by atoms with E-state index in [2.05, 4.69) is 17.0 Å². The summed E-state index contributed by atoms with van der Waals surface area (Å²) in [5.74, 6) is 0. The first kappa shape index (κ1) is 9.46. The number of nitrogens with zero attached hydrogens (tertiary/aromatic N) is 2. The van der Waals surface area contributed by atoms with E-state index >= 15 is 0 Å². The van der Waals surface area contributed by atoms with Crippen molar-refractivity contribution in [2.45, 2.75) is 0 Å². The summed E-state index contributed by atoms with van der Waals surface area (Å²) >= 11 is 0. The molecule has 3 nitrogen and oxygen atoms in total. The van der Waals surface area contributed by atoms with Crippen molar-refractivity contribution in [3.8, 4) is 0 Å². The van der Waals surface area contributed by atoms with Crippen LogP contribution in [0.1, 0.15) is 0 Å². The molecule has 0 saturated heterocycles. The van der Waals surface area contributed by atoms with Crippen molar-refractivity contribution in [2.24, 2.45) is 4.99 Å². The molecule has 0 amide bonds. The van der Waals surface area contributed by atoms with E-state index in [0.29, 0.717) is 0 Å². The van der Waals surface area contributed by atoms with Gasteiger partial charge in [0.25, 0.3) is 0 Å². The minimum atomic E-state index is 0. The third-order valence-corrected chi connectivity index (χ3v) is 1.13. The minimum absolute atomic E-state index is 0. The molecule has 10 heavy (non-hydrogen) atoms. The Kier molecular flexibility index (Phi) is 4.98. The molecule has 0 aromatic rings. The Hall–Kier alpha value is -0.540. The molecule has 0 aromatic carbocycles. The Morgan fingerprint density at radius 1 is 1.80 bits per heavy atom. The van der Waals surface area contributed by atoms with Crippen LogP contribution in [0.5, 0.6) is 0 Å². The Labute approximate surface area is 67.2 Å². The predicted octanol–water partition coefficient (Wildman–Crippen LogP) is 0.443. The maximum atomic E-state index is 4.02. The van der Waals surface area contributed by atoms with E-state index < -0.39 is 0 Å². The predicted molar refractivity (Wildman–Crippen MR) is 45.5 cm³/mol. The number of hydrazine groups is 1. The summed E-state index contributed by atoms with van der Waals surface area (Å²) in [6, 6.07) is 0. The van der Waals surface area contributed by atoms with Crippen LogP contribution >= 0.6 is 12.4 Å². The van der Waals surface area contributed by atoms with Gasteiger partial charge in [-0.15, -0.1) is 19.0 Å². The number of aliphatic imine (C=N–C) groups is 1. The standard InChI is InChI=1S/C6H11N3.ClH/c1-2-3-8-9-5-4-7-6-9;/h2,6,8H,1,3-5H2;1H. The normalized spacial score (nSPS) is 15.0. The molecule has 0 aromatic heterocycles. The number of nitrogens with one attached hydrogen (secondary N) is 1. The second kappa shape index (κ2) is 5.26. The van der Waals surface area contributed by atoms with Gasteiger partial charge in [0.05, 0.1) is 19.4 Å². The second-order valence-electron chi connectivity index (χ2n) is 1.87. The zero-order valence-electron chi connectivity index (χ0n) is 5.79. The highest BCUT2D eigenvalue weighted by Crippen LogP contribution is 1.86. The lowest BCUT2D eigenvalue weighted by molar-refractivity contribution is 0.362. The molecule has 4 heteroatoms. The third kappa shape index (κ3) is 2.85. The van der Waals surface area contributed by atoms with Gasteiger partial charge in [0.1, 0.15) is 0 Å². The number of rotatable bonds is 3. The van der Waals surface area contributed by atoms with Crippen LogP contribution < -0.4 is 5.43 Å². The van der Waals surface area contributed by atoms with E-state index in [1.165, 1.54) is 0 Å². The third-order valence-electron chi connectivity index (χ3n) is 1.13. The molecular formula is C6H12ClN3. The fourth-order valence-electron chi connectivity index (χ4n) is 0.681. The largest absolute Gasteiger partial charge is 0.296 e. The molecule has 1 aliphatic heterocycles. The molecule has 58 valence electrons. The Bertz CT molecular complexity index is 124. The molecule has 1 aliphatic rings. The molecular weight excluding hydrogens is 150 g/mol. The Morgan fingerprint density at radius 3 is 3.10 bits per heavy atom. The van der Waals surface area contributed by atoms with Crippen LogP contribution in [0.2, 0.25) is 0 Å². The van der Waals surface area contributed by atoms with Gasteiger partial charge in [-0.2, -0.15) is 0 Å². The second-order valence-corrected chi connectivity index (χ2v) is 1.87. The molecule has 0 bridgehead atoms. The smallest absolute Gasteiger partial charge is 0.0993 e. The Morgan fingerprint density at radius 2 is 2.60 bits per heavy atom. The van der Waals surface area contributed by atoms with E-state index in [1.807, 2.05) is 17.4 Å². The summed E-state index contributed by atoms with van der Waals surface area (Å²) in [6.07, 6.45) is 3.63. The summed E-state index contributed by atoms with van der Waals surface area (Å²) in [5, 5.41) is 1.96. The molecule has 0 aliphatic carbocycles. The van der Waals surface area contributed by atoms with Crippen molar-refractivity contribution in [2.75, 3.05) is 19.6 Å². The quantitative estimate of drug-likeness (QED) is 0.609. The van der Waals surface area contributed by atoms with Crippen LogP contribution in [0.4, 0.5) is 0 Å². The number of halogens is 1. The fraction of sp³-hybridized carbons (Fsp3) is 0.500. The van der Waals surface area contributed by atoms with E-state index in [4.69, 9.17) is 0 Å². The summed E-state index contributed by atoms with van der Waals surface area (Å²) in [4.78, 5) is 4.02. The average molecular weight is 162 g/mol. The van der Waals surface area contributed by atoms with Gasteiger partial charge in [-0.05, 0) is 0 Å². The van der Waals surface area contributed by atoms with Crippen molar-refractivity contribution in [1.82, 2.24) is 10.4 Å². The zero-order chi connectivity index (χ0) is 6.53. The van der Waals surface area contributed by atoms with Crippen molar-refractivity contribution in [1.29, 1.82) is 0 Å². The zero-order valence-corrected chi connectivity index (χ0v) is 6.60. The lowest BCUT2D eigenvalue weighted by atomic mass is 10.6. The molecule has 1 rings (SSSR count). The van der Waals surface area contributed by atoms with Gasteiger partial charge in [-0.25, -0.2) is 5.43 Å². The van der Waals surface area contributed by atoms with Gasteiger partial charge in [0.2, 0.25) is 0 Å². The lowest BCUT2D eigenvalue weighted by Crippen LogP contribution is -2.35. The van der Waals surface area contributed by atoms with Crippen LogP contribution in [-0.4, -0.2) is 31.0 Å². The first-order valence-electron chi connectivity index (χ1n) is 3.04. The van der Waals surface area contributed by atoms with Crippen molar-refractivity contribution < 1.29 is 0 Å². The van der Waals surface area contributed by atoms with Gasteiger partial charge < -0.3 is 0 Å². The SMILES string of the molecule is C=CCNN1C=NCC1.Cl. The van der Waals surface area contributed by atoms with Crippen LogP contribution in [0.25, 0.3) is 0 Å². The monoisotopic (exact) mass is 161 g/mol. The summed E-state index contributed by atoms with van der Waals surface area (Å²) in [5.41, 5.74) is 3.10. The summed E-state index contributed by atoms with van der Waals surface area (Å²) in [7, 11) is 0. The molecule has 0 unspecified atom stereocenters. The molecule has 1 N–H and O–H groups in total. The van der Waals surface area contributed by atoms with Crippen LogP contribution in [0.3, 0.4) is 0 Å². The van der Waals surface area contributed by atoms with Crippen molar-refractivity contribution >= 4 is 18.7 Å². The highest BCUT2D eigenvalue weighted by atomic mass is 35.5. The number of hydrogen-bond donors (Lipinski definition) is 1. The van der Waals surface area contributed by atoms with Gasteiger partial charge >= 0.3 is 0 Å². The van der Waals surface area contributed by atoms with E-state index in [-0.39, 0.29) is 12.4 Å². The molecule has 1 heterocycles. The fourth-order valence-corrected chi connectivity index (χ4v) is 0.681. The summed E-state index contributed by atoms with van der Waals surface area (Å²) in [6.45, 7) is 6.29. The Balaban J connectivity index is 0.000000810. The van der Waals surface area contributed by atoms with Gasteiger partial charge in [0.15, 0.2) is 0 Å². The van der Waals surface area contributed by atoms with Crippen molar-refractivity contribution in [3.63, 3.8) is 0 Å². The summed E-state index contributed by atoms with van der Waals surface area (Å²) < 4.78 is 0.